The number of nitrogens with zero attached hydrogens (tertiary/aromatic N) is 2. The molecule has 0 aliphatic heterocycles. The molecule has 0 saturated carbocycles. The first-order valence-electron chi connectivity index (χ1n) is 5.01. The maximum Gasteiger partial charge on any atom is 0.0762 e. The molecule has 1 heterocycles. The molecule has 1 N–H and O–H groups in total. The Morgan fingerprint density at radius 2 is 2.43 bits per heavy atom. The van der Waals surface area contributed by atoms with Crippen LogP contribution in [0.1, 0.15) is 25.6 Å². The van der Waals surface area contributed by atoms with Crippen LogP contribution in [0.5, 0.6) is 0 Å². The van der Waals surface area contributed by atoms with E-state index in [2.05, 4.69) is 24.3 Å². The van der Waals surface area contributed by atoms with E-state index in [1.807, 2.05) is 16.9 Å². The molecule has 14 heavy (non-hydrogen) atoms. The molecule has 4 nitrogen and oxygen atoms in total. The summed E-state index contributed by atoms with van der Waals surface area (Å²) in [6, 6.07) is 2.34. The Kier molecular flexibility index (Phi) is 4.62. The number of nitrogens with one attached hydrogen (secondary N) is 1. The highest BCUT2D eigenvalue weighted by Crippen LogP contribution is 2.05. The maximum atomic E-state index is 5.07. The molecule has 1 aromatic heterocycles. The third kappa shape index (κ3) is 3.12. The second-order valence-electron chi connectivity index (χ2n) is 3.37. The molecule has 80 valence electrons. The van der Waals surface area contributed by atoms with E-state index < -0.39 is 0 Å². The number of hydrogen-bond donors (Lipinski definition) is 1. The second kappa shape index (κ2) is 5.78. The van der Waals surface area contributed by atoms with Crippen molar-refractivity contribution in [3.8, 4) is 0 Å². The van der Waals surface area contributed by atoms with Gasteiger partial charge in [0.2, 0.25) is 0 Å². The molecule has 1 unspecified atom stereocenters. The molecule has 0 radical (unpaired) electrons. The van der Waals surface area contributed by atoms with E-state index in [4.69, 9.17) is 4.74 Å². The summed E-state index contributed by atoms with van der Waals surface area (Å²) >= 11 is 0. The Morgan fingerprint density at radius 1 is 1.64 bits per heavy atom. The third-order valence-electron chi connectivity index (χ3n) is 2.08. The SMILES string of the molecule is CCNCc1ccn(C(C)COC)n1. The van der Waals surface area contributed by atoms with Crippen molar-refractivity contribution in [1.82, 2.24) is 15.1 Å². The molecule has 1 rings (SSSR count). The molecule has 0 fully saturated rings. The Labute approximate surface area is 85.3 Å². The minimum Gasteiger partial charge on any atom is -0.382 e. The highest BCUT2D eigenvalue weighted by molar-refractivity contribution is 4.99. The van der Waals surface area contributed by atoms with Gasteiger partial charge in [-0.3, -0.25) is 4.68 Å². The predicted molar refractivity (Wildman–Crippen MR) is 56.2 cm³/mol. The molecule has 1 aromatic rings. The second-order valence-corrected chi connectivity index (χ2v) is 3.37. The monoisotopic (exact) mass is 197 g/mol. The van der Waals surface area contributed by atoms with Crippen molar-refractivity contribution in [2.24, 2.45) is 0 Å². The van der Waals surface area contributed by atoms with Crippen molar-refractivity contribution in [3.05, 3.63) is 18.0 Å². The molecule has 1 atom stereocenters. The zero-order valence-electron chi connectivity index (χ0n) is 9.16. The number of rotatable bonds is 6. The summed E-state index contributed by atoms with van der Waals surface area (Å²) in [6.07, 6.45) is 2.00. The lowest BCUT2D eigenvalue weighted by Gasteiger charge is -2.10. The number of aromatic nitrogens is 2. The van der Waals surface area contributed by atoms with Gasteiger partial charge < -0.3 is 10.1 Å². The van der Waals surface area contributed by atoms with Crippen molar-refractivity contribution >= 4 is 0 Å². The first kappa shape index (κ1) is 11.2. The quantitative estimate of drug-likeness (QED) is 0.744. The number of ether oxygens (including phenoxy) is 1. The average molecular weight is 197 g/mol. The standard InChI is InChI=1S/C10H19N3O/c1-4-11-7-10-5-6-13(12-10)9(2)8-14-3/h5-6,9,11H,4,7-8H2,1-3H3. The minimum atomic E-state index is 0.301. The molecule has 4 heteroatoms. The Morgan fingerprint density at radius 3 is 3.07 bits per heavy atom. The lowest BCUT2D eigenvalue weighted by atomic mass is 10.4. The fraction of sp³-hybridized carbons (Fsp3) is 0.700. The highest BCUT2D eigenvalue weighted by atomic mass is 16.5. The normalized spacial score (nSPS) is 13.1. The lowest BCUT2D eigenvalue weighted by Crippen LogP contribution is -2.15. The summed E-state index contributed by atoms with van der Waals surface area (Å²) in [5.41, 5.74) is 1.08. The number of hydrogen-bond acceptors (Lipinski definition) is 3. The van der Waals surface area contributed by atoms with E-state index in [0.29, 0.717) is 12.6 Å². The molecular formula is C10H19N3O. The van der Waals surface area contributed by atoms with Gasteiger partial charge in [0.25, 0.3) is 0 Å². The Bertz CT molecular complexity index is 260. The fourth-order valence-corrected chi connectivity index (χ4v) is 1.29. The van der Waals surface area contributed by atoms with Crippen LogP contribution in [-0.2, 0) is 11.3 Å². The molecule has 0 aliphatic carbocycles. The van der Waals surface area contributed by atoms with Crippen molar-refractivity contribution < 1.29 is 4.74 Å². The van der Waals surface area contributed by atoms with Crippen LogP contribution in [0.2, 0.25) is 0 Å². The lowest BCUT2D eigenvalue weighted by molar-refractivity contribution is 0.156. The Balaban J connectivity index is 2.49. The van der Waals surface area contributed by atoms with Crippen molar-refractivity contribution in [2.45, 2.75) is 26.4 Å². The smallest absolute Gasteiger partial charge is 0.0762 e. The van der Waals surface area contributed by atoms with E-state index in [0.717, 1.165) is 18.8 Å². The summed E-state index contributed by atoms with van der Waals surface area (Å²) in [4.78, 5) is 0. The maximum absolute atomic E-state index is 5.07. The Hall–Kier alpha value is -0.870. The van der Waals surface area contributed by atoms with Gasteiger partial charge in [0.05, 0.1) is 18.3 Å². The third-order valence-corrected chi connectivity index (χ3v) is 2.08. The summed E-state index contributed by atoms with van der Waals surface area (Å²) in [5.74, 6) is 0. The van der Waals surface area contributed by atoms with Gasteiger partial charge in [-0.05, 0) is 19.5 Å². The highest BCUT2D eigenvalue weighted by Gasteiger charge is 2.05. The van der Waals surface area contributed by atoms with E-state index >= 15 is 0 Å². The van der Waals surface area contributed by atoms with E-state index in [1.165, 1.54) is 0 Å². The zero-order valence-corrected chi connectivity index (χ0v) is 9.16. The molecule has 0 amide bonds. The molecule has 0 aliphatic rings. The van der Waals surface area contributed by atoms with Crippen LogP contribution in [0.3, 0.4) is 0 Å². The summed E-state index contributed by atoms with van der Waals surface area (Å²) in [5, 5.41) is 7.68. The summed E-state index contributed by atoms with van der Waals surface area (Å²) in [7, 11) is 1.71. The van der Waals surface area contributed by atoms with Crippen LogP contribution in [0, 0.1) is 0 Å². The molecule has 0 saturated heterocycles. The van der Waals surface area contributed by atoms with Gasteiger partial charge in [-0.25, -0.2) is 0 Å². The van der Waals surface area contributed by atoms with Gasteiger partial charge in [-0.1, -0.05) is 6.92 Å². The number of methoxy groups -OCH3 is 1. The van der Waals surface area contributed by atoms with Crippen LogP contribution in [0.25, 0.3) is 0 Å². The van der Waals surface area contributed by atoms with Gasteiger partial charge in [0.1, 0.15) is 0 Å². The summed E-state index contributed by atoms with van der Waals surface area (Å²) < 4.78 is 7.01. The minimum absolute atomic E-state index is 0.301. The largest absolute Gasteiger partial charge is 0.382 e. The van der Waals surface area contributed by atoms with Gasteiger partial charge in [0, 0.05) is 19.9 Å². The van der Waals surface area contributed by atoms with E-state index in [1.54, 1.807) is 7.11 Å². The van der Waals surface area contributed by atoms with Gasteiger partial charge >= 0.3 is 0 Å². The van der Waals surface area contributed by atoms with Gasteiger partial charge in [-0.15, -0.1) is 0 Å². The topological polar surface area (TPSA) is 39.1 Å². The van der Waals surface area contributed by atoms with Crippen molar-refractivity contribution in [3.63, 3.8) is 0 Å². The molecule has 0 spiro atoms. The predicted octanol–water partition coefficient (Wildman–Crippen LogP) is 1.20. The van der Waals surface area contributed by atoms with Crippen molar-refractivity contribution in [1.29, 1.82) is 0 Å². The van der Waals surface area contributed by atoms with Gasteiger partial charge in [-0.2, -0.15) is 5.10 Å². The molecule has 0 aromatic carbocycles. The molecular weight excluding hydrogens is 178 g/mol. The van der Waals surface area contributed by atoms with Crippen LogP contribution >= 0.6 is 0 Å². The van der Waals surface area contributed by atoms with E-state index in [-0.39, 0.29) is 0 Å². The summed E-state index contributed by atoms with van der Waals surface area (Å²) in [6.45, 7) is 6.68. The van der Waals surface area contributed by atoms with Crippen LogP contribution in [0.15, 0.2) is 12.3 Å². The average Bonchev–Trinajstić information content (AvgIpc) is 2.63. The fourth-order valence-electron chi connectivity index (χ4n) is 1.29. The molecule has 0 bridgehead atoms. The first-order valence-corrected chi connectivity index (χ1v) is 5.01. The van der Waals surface area contributed by atoms with Gasteiger partial charge in [0.15, 0.2) is 0 Å². The van der Waals surface area contributed by atoms with Crippen LogP contribution in [0.4, 0.5) is 0 Å². The van der Waals surface area contributed by atoms with Crippen LogP contribution < -0.4 is 5.32 Å². The van der Waals surface area contributed by atoms with Crippen molar-refractivity contribution in [2.75, 3.05) is 20.3 Å². The van der Waals surface area contributed by atoms with Crippen LogP contribution in [-0.4, -0.2) is 30.0 Å². The zero-order chi connectivity index (χ0) is 10.4. The van der Waals surface area contributed by atoms with E-state index in [9.17, 15) is 0 Å². The first-order chi connectivity index (χ1) is 6.77.